The van der Waals surface area contributed by atoms with Crippen LogP contribution in [-0.2, 0) is 9.59 Å². The molecule has 1 aromatic heterocycles. The van der Waals surface area contributed by atoms with E-state index in [1.54, 1.807) is 7.05 Å². The number of allylic oxidation sites excluding steroid dienone is 3. The molecule has 2 aliphatic rings. The largest absolute Gasteiger partial charge is 0.465 e. The quantitative estimate of drug-likeness (QED) is 0.879. The second-order valence-electron chi connectivity index (χ2n) is 5.79. The molecule has 22 heavy (non-hydrogen) atoms. The number of nitrogens with one attached hydrogen (secondary N) is 2. The molecule has 5 nitrogen and oxygen atoms in total. The lowest BCUT2D eigenvalue weighted by atomic mass is 9.77. The van der Waals surface area contributed by atoms with E-state index < -0.39 is 5.92 Å². The third-order valence-corrected chi connectivity index (χ3v) is 4.29. The lowest BCUT2D eigenvalue weighted by molar-refractivity contribution is -0.117. The third-order valence-electron chi connectivity index (χ3n) is 4.29. The van der Waals surface area contributed by atoms with Crippen LogP contribution < -0.4 is 10.6 Å². The van der Waals surface area contributed by atoms with Crippen molar-refractivity contribution < 1.29 is 14.0 Å². The molecule has 116 valence electrons. The number of furan rings is 1. The van der Waals surface area contributed by atoms with E-state index in [1.807, 2.05) is 26.0 Å². The summed E-state index contributed by atoms with van der Waals surface area (Å²) in [6.45, 7) is 3.73. The van der Waals surface area contributed by atoms with Crippen molar-refractivity contribution in [3.8, 4) is 0 Å². The third kappa shape index (κ3) is 2.26. The first kappa shape index (κ1) is 14.6. The van der Waals surface area contributed by atoms with Gasteiger partial charge in [0.25, 0.3) is 0 Å². The minimum absolute atomic E-state index is 0.0988. The average molecular weight is 300 g/mol. The van der Waals surface area contributed by atoms with Gasteiger partial charge in [-0.3, -0.25) is 9.59 Å². The van der Waals surface area contributed by atoms with Gasteiger partial charge in [-0.25, -0.2) is 0 Å². The van der Waals surface area contributed by atoms with Gasteiger partial charge in [-0.15, -0.1) is 0 Å². The smallest absolute Gasteiger partial charge is 0.249 e. The van der Waals surface area contributed by atoms with E-state index >= 15 is 0 Å². The fraction of sp³-hybridized carbons (Fsp3) is 0.412. The molecule has 1 aliphatic carbocycles. The summed E-state index contributed by atoms with van der Waals surface area (Å²) in [4.78, 5) is 24.9. The molecule has 0 saturated heterocycles. The molecule has 1 unspecified atom stereocenters. The molecule has 1 aromatic rings. The van der Waals surface area contributed by atoms with Crippen molar-refractivity contribution in [3.63, 3.8) is 0 Å². The number of hydrogen-bond acceptors (Lipinski definition) is 4. The standard InChI is InChI=1S/C17H20N2O3/c1-9-7-8-13(22-9)16-14(17(21)18-3)10(2)19-11-5-4-6-12(20)15(11)16/h7-8,16,19H,4-6H2,1-3H3,(H,18,21). The zero-order chi connectivity index (χ0) is 15.9. The van der Waals surface area contributed by atoms with Crippen LogP contribution in [0.15, 0.2) is 39.1 Å². The summed E-state index contributed by atoms with van der Waals surface area (Å²) in [5, 5.41) is 5.93. The number of ketones is 1. The number of hydrogen-bond donors (Lipinski definition) is 2. The summed E-state index contributed by atoms with van der Waals surface area (Å²) < 4.78 is 5.77. The average Bonchev–Trinajstić information content (AvgIpc) is 2.91. The Labute approximate surface area is 129 Å². The van der Waals surface area contributed by atoms with Crippen LogP contribution >= 0.6 is 0 Å². The predicted octanol–water partition coefficient (Wildman–Crippen LogP) is 2.30. The van der Waals surface area contributed by atoms with Gasteiger partial charge in [-0.05, 0) is 38.8 Å². The van der Waals surface area contributed by atoms with Crippen LogP contribution in [0.2, 0.25) is 0 Å². The van der Waals surface area contributed by atoms with E-state index in [1.165, 1.54) is 0 Å². The molecule has 0 saturated carbocycles. The topological polar surface area (TPSA) is 71.3 Å². The Morgan fingerprint density at radius 2 is 2.09 bits per heavy atom. The van der Waals surface area contributed by atoms with Gasteiger partial charge in [0.05, 0.1) is 11.5 Å². The Kier molecular flexibility index (Phi) is 3.64. The van der Waals surface area contributed by atoms with Gasteiger partial charge in [0.1, 0.15) is 11.5 Å². The normalized spacial score (nSPS) is 21.6. The number of dihydropyridines is 1. The van der Waals surface area contributed by atoms with E-state index in [0.29, 0.717) is 23.3 Å². The molecular formula is C17H20N2O3. The highest BCUT2D eigenvalue weighted by Crippen LogP contribution is 2.42. The maximum Gasteiger partial charge on any atom is 0.249 e. The molecule has 0 aromatic carbocycles. The first-order valence-electron chi connectivity index (χ1n) is 7.55. The van der Waals surface area contributed by atoms with Crippen LogP contribution in [0, 0.1) is 6.92 Å². The van der Waals surface area contributed by atoms with Gasteiger partial charge in [0.15, 0.2) is 5.78 Å². The van der Waals surface area contributed by atoms with Crippen LogP contribution in [0.25, 0.3) is 0 Å². The van der Waals surface area contributed by atoms with Crippen molar-refractivity contribution in [2.75, 3.05) is 7.05 Å². The summed E-state index contributed by atoms with van der Waals surface area (Å²) in [5.74, 6) is 0.918. The molecule has 2 N–H and O–H groups in total. The lowest BCUT2D eigenvalue weighted by Crippen LogP contribution is -2.36. The van der Waals surface area contributed by atoms with Gasteiger partial charge < -0.3 is 15.1 Å². The van der Waals surface area contributed by atoms with Crippen molar-refractivity contribution in [1.82, 2.24) is 10.6 Å². The molecule has 0 spiro atoms. The summed E-state index contributed by atoms with van der Waals surface area (Å²) in [7, 11) is 1.60. The molecule has 1 atom stereocenters. The van der Waals surface area contributed by atoms with Crippen LogP contribution in [0.1, 0.15) is 43.6 Å². The molecule has 5 heteroatoms. The molecule has 0 bridgehead atoms. The van der Waals surface area contributed by atoms with Gasteiger partial charge in [0, 0.05) is 30.4 Å². The molecule has 1 amide bonds. The first-order valence-corrected chi connectivity index (χ1v) is 7.55. The van der Waals surface area contributed by atoms with Gasteiger partial charge in [0.2, 0.25) is 5.91 Å². The van der Waals surface area contributed by atoms with Crippen molar-refractivity contribution in [2.24, 2.45) is 0 Å². The molecule has 2 heterocycles. The molecular weight excluding hydrogens is 280 g/mol. The highest BCUT2D eigenvalue weighted by molar-refractivity contribution is 6.04. The van der Waals surface area contributed by atoms with E-state index in [9.17, 15) is 9.59 Å². The number of Topliss-reactive ketones (excluding diaryl/α,β-unsaturated/α-hetero) is 1. The zero-order valence-electron chi connectivity index (χ0n) is 13.1. The highest BCUT2D eigenvalue weighted by atomic mass is 16.3. The fourth-order valence-corrected chi connectivity index (χ4v) is 3.31. The van der Waals surface area contributed by atoms with Gasteiger partial charge in [-0.2, -0.15) is 0 Å². The van der Waals surface area contributed by atoms with Gasteiger partial charge in [-0.1, -0.05) is 0 Å². The molecule has 1 aliphatic heterocycles. The predicted molar refractivity (Wildman–Crippen MR) is 82.0 cm³/mol. The maximum absolute atomic E-state index is 12.5. The van der Waals surface area contributed by atoms with Crippen LogP contribution in [-0.4, -0.2) is 18.7 Å². The highest BCUT2D eigenvalue weighted by Gasteiger charge is 2.39. The first-order chi connectivity index (χ1) is 10.5. The Morgan fingerprint density at radius 3 is 2.73 bits per heavy atom. The molecule has 0 radical (unpaired) electrons. The zero-order valence-corrected chi connectivity index (χ0v) is 13.1. The summed E-state index contributed by atoms with van der Waals surface area (Å²) in [6, 6.07) is 3.72. The number of likely N-dealkylation sites (N-methyl/N-ethyl adjacent to an activating group) is 1. The van der Waals surface area contributed by atoms with Crippen molar-refractivity contribution in [1.29, 1.82) is 0 Å². The summed E-state index contributed by atoms with van der Waals surface area (Å²) >= 11 is 0. The maximum atomic E-state index is 12.5. The minimum Gasteiger partial charge on any atom is -0.465 e. The molecule has 3 rings (SSSR count). The van der Waals surface area contributed by atoms with Crippen LogP contribution in [0.5, 0.6) is 0 Å². The number of aryl methyl sites for hydroxylation is 1. The number of amides is 1. The Bertz CT molecular complexity index is 709. The molecule has 0 fully saturated rings. The second kappa shape index (κ2) is 5.48. The number of carbonyl (C=O) groups is 2. The Hall–Kier alpha value is -2.30. The lowest BCUT2D eigenvalue weighted by Gasteiger charge is -2.33. The van der Waals surface area contributed by atoms with Gasteiger partial charge >= 0.3 is 0 Å². The Balaban J connectivity index is 2.18. The summed E-state index contributed by atoms with van der Waals surface area (Å²) in [6.07, 6.45) is 2.20. The second-order valence-corrected chi connectivity index (χ2v) is 5.79. The number of rotatable bonds is 2. The SMILES string of the molecule is CNC(=O)C1=C(C)NC2=C(C(=O)CCC2)C1c1ccc(C)o1. The van der Waals surface area contributed by atoms with Crippen molar-refractivity contribution >= 4 is 11.7 Å². The fourth-order valence-electron chi connectivity index (χ4n) is 3.31. The number of carbonyl (C=O) groups excluding carboxylic acids is 2. The van der Waals surface area contributed by atoms with Crippen LogP contribution in [0.3, 0.4) is 0 Å². The van der Waals surface area contributed by atoms with Crippen LogP contribution in [0.4, 0.5) is 0 Å². The van der Waals surface area contributed by atoms with E-state index in [0.717, 1.165) is 30.0 Å². The van der Waals surface area contributed by atoms with Crippen molar-refractivity contribution in [3.05, 3.63) is 46.2 Å². The van der Waals surface area contributed by atoms with Crippen molar-refractivity contribution in [2.45, 2.75) is 39.0 Å². The van der Waals surface area contributed by atoms with E-state index in [4.69, 9.17) is 4.42 Å². The van der Waals surface area contributed by atoms with E-state index in [2.05, 4.69) is 10.6 Å². The Morgan fingerprint density at radius 1 is 1.32 bits per heavy atom. The van der Waals surface area contributed by atoms with E-state index in [-0.39, 0.29) is 11.7 Å². The minimum atomic E-state index is -0.419. The summed E-state index contributed by atoms with van der Waals surface area (Å²) in [5.41, 5.74) is 2.96. The monoisotopic (exact) mass is 300 g/mol.